The van der Waals surface area contributed by atoms with Crippen molar-refractivity contribution in [2.24, 2.45) is 32.0 Å². The molecule has 1 aromatic heterocycles. The molecule has 5 rings (SSSR count). The molecule has 1 aromatic rings. The summed E-state index contributed by atoms with van der Waals surface area (Å²) in [6.07, 6.45) is -0.687. The molecule has 0 radical (unpaired) electrons. The maximum Gasteiger partial charge on any atom is 0.350 e. The van der Waals surface area contributed by atoms with Crippen molar-refractivity contribution in [1.82, 2.24) is 24.9 Å². The molecule has 20 nitrogen and oxygen atoms in total. The Hall–Kier alpha value is -3.70. The summed E-state index contributed by atoms with van der Waals surface area (Å²) in [5.41, 5.74) is 14.4. The SMILES string of the molecule is CC1(CN=C(N)NCCCN)CN(C[C@@H]2[C@H](NC(=O)/C(=N\OC3(C(=O)O)CC3)c3csc(N)n3)C3OC3N2S(=O)(=O)O)N=N1. The number of nitrogens with one attached hydrogen (secondary N) is 2. The number of guanidine groups is 1. The van der Waals surface area contributed by atoms with Crippen molar-refractivity contribution in [1.29, 1.82) is 0 Å². The van der Waals surface area contributed by atoms with Crippen LogP contribution in [0.3, 0.4) is 0 Å². The Kier molecular flexibility index (Phi) is 8.65. The fourth-order valence-corrected chi connectivity index (χ4v) is 6.41. The number of carbonyl (C=O) groups excluding carboxylic acids is 1. The number of rotatable bonds is 14. The van der Waals surface area contributed by atoms with E-state index in [0.29, 0.717) is 13.1 Å². The predicted molar refractivity (Wildman–Crippen MR) is 155 cm³/mol. The number of nitrogens with two attached hydrogens (primary N) is 3. The van der Waals surface area contributed by atoms with Gasteiger partial charge in [0.05, 0.1) is 31.7 Å². The summed E-state index contributed by atoms with van der Waals surface area (Å²) < 4.78 is 41.0. The number of aliphatic imine (C=N–C) groups is 1. The van der Waals surface area contributed by atoms with Gasteiger partial charge in [-0.3, -0.25) is 19.3 Å². The third kappa shape index (κ3) is 6.83. The Labute approximate surface area is 255 Å². The number of nitrogens with zero attached hydrogens (tertiary/aromatic N) is 7. The number of hydrogen-bond donors (Lipinski definition) is 7. The summed E-state index contributed by atoms with van der Waals surface area (Å²) in [6, 6.07) is -2.02. The normalized spacial score (nSPS) is 29.4. The van der Waals surface area contributed by atoms with Crippen LogP contribution in [0.5, 0.6) is 0 Å². The van der Waals surface area contributed by atoms with Crippen LogP contribution in [-0.4, -0.2) is 124 Å². The third-order valence-corrected chi connectivity index (χ3v) is 9.09. The minimum atomic E-state index is -4.78. The second-order valence-corrected chi connectivity index (χ2v) is 13.3. The van der Waals surface area contributed by atoms with Gasteiger partial charge in [-0.2, -0.15) is 13.5 Å². The Balaban J connectivity index is 1.31. The number of aliphatic carboxylic acids is 1. The zero-order valence-electron chi connectivity index (χ0n) is 23.6. The van der Waals surface area contributed by atoms with Gasteiger partial charge in [-0.05, 0) is 19.9 Å². The average molecular weight is 659 g/mol. The molecule has 22 heteroatoms. The third-order valence-electron chi connectivity index (χ3n) is 7.41. The first-order valence-corrected chi connectivity index (χ1v) is 15.9. The van der Waals surface area contributed by atoms with Gasteiger partial charge in [-0.15, -0.1) is 15.6 Å². The van der Waals surface area contributed by atoms with Gasteiger partial charge in [-0.1, -0.05) is 10.4 Å². The summed E-state index contributed by atoms with van der Waals surface area (Å²) in [4.78, 5) is 38.7. The fraction of sp³-hybridized carbons (Fsp3) is 0.682. The Morgan fingerprint density at radius 2 is 2.11 bits per heavy atom. The lowest BCUT2D eigenvalue weighted by molar-refractivity contribution is -0.153. The number of thiazole rings is 1. The predicted octanol–water partition coefficient (Wildman–Crippen LogP) is -2.55. The molecule has 0 bridgehead atoms. The second-order valence-electron chi connectivity index (χ2n) is 11.1. The molecule has 2 saturated heterocycles. The largest absolute Gasteiger partial charge is 0.478 e. The van der Waals surface area contributed by atoms with Gasteiger partial charge >= 0.3 is 16.3 Å². The number of hydrogen-bond acceptors (Lipinski definition) is 15. The van der Waals surface area contributed by atoms with E-state index in [1.807, 2.05) is 0 Å². The molecular formula is C22H34N12O8S2. The molecule has 3 aliphatic heterocycles. The molecule has 1 saturated carbocycles. The van der Waals surface area contributed by atoms with Gasteiger partial charge < -0.3 is 42.5 Å². The summed E-state index contributed by atoms with van der Waals surface area (Å²) in [7, 11) is -4.78. The van der Waals surface area contributed by atoms with Crippen molar-refractivity contribution in [2.45, 2.75) is 61.7 Å². The number of fused-ring (bicyclic) bond motifs is 1. The molecule has 5 atom stereocenters. The highest BCUT2D eigenvalue weighted by atomic mass is 32.2. The van der Waals surface area contributed by atoms with Crippen LogP contribution in [0.15, 0.2) is 25.9 Å². The highest BCUT2D eigenvalue weighted by molar-refractivity contribution is 7.83. The molecule has 242 valence electrons. The number of carboxylic acids is 1. The van der Waals surface area contributed by atoms with Crippen molar-refractivity contribution in [2.75, 3.05) is 38.5 Å². The van der Waals surface area contributed by atoms with E-state index in [9.17, 15) is 27.7 Å². The second kappa shape index (κ2) is 12.0. The summed E-state index contributed by atoms with van der Waals surface area (Å²) in [6.45, 7) is 3.20. The van der Waals surface area contributed by atoms with E-state index < -0.39 is 57.7 Å². The maximum absolute atomic E-state index is 13.5. The number of aromatic nitrogens is 1. The van der Waals surface area contributed by atoms with E-state index in [-0.39, 0.29) is 55.0 Å². The molecule has 3 fully saturated rings. The number of nitrogen functional groups attached to an aromatic ring is 1. The fourth-order valence-electron chi connectivity index (χ4n) is 4.89. The van der Waals surface area contributed by atoms with E-state index in [2.05, 4.69) is 36.1 Å². The van der Waals surface area contributed by atoms with Crippen molar-refractivity contribution < 1.29 is 37.2 Å². The summed E-state index contributed by atoms with van der Waals surface area (Å²) in [5, 5.41) is 30.5. The molecular weight excluding hydrogens is 624 g/mol. The van der Waals surface area contributed by atoms with Crippen molar-refractivity contribution in [3.63, 3.8) is 0 Å². The highest BCUT2D eigenvalue weighted by Crippen LogP contribution is 2.43. The van der Waals surface area contributed by atoms with E-state index in [0.717, 1.165) is 22.1 Å². The number of epoxide rings is 1. The molecule has 1 aliphatic carbocycles. The van der Waals surface area contributed by atoms with Crippen molar-refractivity contribution in [3.8, 4) is 0 Å². The van der Waals surface area contributed by atoms with Gasteiger partial charge in [0.25, 0.3) is 5.91 Å². The molecule has 3 unspecified atom stereocenters. The van der Waals surface area contributed by atoms with Gasteiger partial charge in [0, 0.05) is 24.8 Å². The summed E-state index contributed by atoms with van der Waals surface area (Å²) in [5.74, 6) is -1.85. The van der Waals surface area contributed by atoms with Gasteiger partial charge in [0.2, 0.25) is 5.60 Å². The van der Waals surface area contributed by atoms with Crippen molar-refractivity contribution >= 4 is 50.3 Å². The van der Waals surface area contributed by atoms with Crippen LogP contribution in [0.25, 0.3) is 0 Å². The van der Waals surface area contributed by atoms with Gasteiger partial charge in [-0.25, -0.2) is 9.78 Å². The van der Waals surface area contributed by atoms with Gasteiger partial charge in [0.1, 0.15) is 17.3 Å². The van der Waals surface area contributed by atoms with Crippen molar-refractivity contribution in [3.05, 3.63) is 11.1 Å². The number of anilines is 1. The van der Waals surface area contributed by atoms with E-state index in [4.69, 9.17) is 26.8 Å². The first-order valence-electron chi connectivity index (χ1n) is 13.6. The minimum absolute atomic E-state index is 0.0297. The van der Waals surface area contributed by atoms with Crippen LogP contribution in [0, 0.1) is 0 Å². The molecule has 1 amide bonds. The number of carbonyl (C=O) groups is 2. The number of carboxylic acid groups (broad SMARTS) is 1. The van der Waals surface area contributed by atoms with Crippen LogP contribution in [0.2, 0.25) is 0 Å². The lowest BCUT2D eigenvalue weighted by Gasteiger charge is -2.31. The smallest absolute Gasteiger partial charge is 0.350 e. The average Bonchev–Trinajstić information content (AvgIpc) is 3.80. The Bertz CT molecular complexity index is 1480. The molecule has 44 heavy (non-hydrogen) atoms. The zero-order chi connectivity index (χ0) is 31.9. The number of amides is 1. The molecule has 0 aromatic carbocycles. The minimum Gasteiger partial charge on any atom is -0.478 e. The van der Waals surface area contributed by atoms with Crippen LogP contribution in [0.4, 0.5) is 5.13 Å². The first kappa shape index (κ1) is 31.7. The monoisotopic (exact) mass is 658 g/mol. The topological polar surface area (TPSA) is 301 Å². The Morgan fingerprint density at radius 1 is 1.36 bits per heavy atom. The molecule has 0 spiro atoms. The lowest BCUT2D eigenvalue weighted by Crippen LogP contribution is -2.56. The number of oxime groups is 1. The van der Waals surface area contributed by atoms with Gasteiger partial charge in [0.15, 0.2) is 23.0 Å². The molecule has 4 heterocycles. The van der Waals surface area contributed by atoms with Crippen LogP contribution in [0.1, 0.15) is 31.9 Å². The van der Waals surface area contributed by atoms with E-state index in [1.165, 1.54) is 10.4 Å². The van der Waals surface area contributed by atoms with E-state index >= 15 is 0 Å². The Morgan fingerprint density at radius 3 is 2.73 bits per heavy atom. The standard InChI is InChI=1S/C22H34N12O8S2/c1-21(9-27-19(24)26-6-2-5-23)10-33(32-31-21)7-12-14(15-17(41-15)34(12)44(38,39)40)29-16(35)13(11-8-43-20(25)28-11)30-42-22(3-4-22)18(36)37/h8,12,14-15,17H,2-7,9-10,23H2,1H3,(H2,25,28)(H,29,35)(H,36,37)(H3,24,26,27)(H,38,39,40)/b30-13-/t12-,14+,15?,17?,21?/m1/s1. The highest BCUT2D eigenvalue weighted by Gasteiger charge is 2.65. The van der Waals surface area contributed by atoms with Crippen LogP contribution >= 0.6 is 11.3 Å². The summed E-state index contributed by atoms with van der Waals surface area (Å²) >= 11 is 1.03. The quantitative estimate of drug-likeness (QED) is 0.0270. The molecule has 4 aliphatic rings. The first-order chi connectivity index (χ1) is 20.7. The zero-order valence-corrected chi connectivity index (χ0v) is 25.2. The lowest BCUT2D eigenvalue weighted by atomic mass is 10.0. The molecule has 10 N–H and O–H groups in total. The maximum atomic E-state index is 13.5. The van der Waals surface area contributed by atoms with Crippen LogP contribution < -0.4 is 27.8 Å². The number of ether oxygens (including phenoxy) is 1. The van der Waals surface area contributed by atoms with Crippen LogP contribution in [-0.2, 0) is 29.5 Å². The van der Waals surface area contributed by atoms with E-state index in [1.54, 1.807) is 6.92 Å².